The van der Waals surface area contributed by atoms with Crippen molar-refractivity contribution < 1.29 is 0 Å². The van der Waals surface area contributed by atoms with Gasteiger partial charge in [0.15, 0.2) is 0 Å². The third kappa shape index (κ3) is 5.68. The Morgan fingerprint density at radius 3 is 2.73 bits per heavy atom. The molecule has 0 saturated carbocycles. The predicted molar refractivity (Wildman–Crippen MR) is 51.7 cm³/mol. The maximum absolute atomic E-state index is 5.46. The normalized spacial score (nSPS) is 12.3. The third-order valence-corrected chi connectivity index (χ3v) is 1.26. The van der Waals surface area contributed by atoms with E-state index in [1.807, 2.05) is 18.2 Å². The standard InChI is InChI=1S/C9H14BN/c1-2-3-5-9(8-11)6-4-7-10/h2-3,5-6H,1,4,7-8,11H2/b5-3-,9-6+. The molecular weight excluding hydrogens is 133 g/mol. The topological polar surface area (TPSA) is 26.0 Å². The fraction of sp³-hybridized carbons (Fsp3) is 0.333. The SMILES string of the molecule is [B]CC/C=C(\C=C/C=C)CN. The first-order valence-corrected chi connectivity index (χ1v) is 3.73. The number of nitrogens with two attached hydrogens (primary N) is 1. The largest absolute Gasteiger partial charge is 0.327 e. The predicted octanol–water partition coefficient (Wildman–Crippen LogP) is 1.59. The molecule has 2 radical (unpaired) electrons. The summed E-state index contributed by atoms with van der Waals surface area (Å²) in [6.45, 7) is 4.13. The molecule has 0 aromatic heterocycles. The first-order valence-electron chi connectivity index (χ1n) is 3.73. The van der Waals surface area contributed by atoms with Crippen molar-refractivity contribution in [2.75, 3.05) is 6.54 Å². The Balaban J connectivity index is 3.92. The molecule has 58 valence electrons. The van der Waals surface area contributed by atoms with Crippen molar-refractivity contribution in [2.45, 2.75) is 12.7 Å². The molecule has 1 nitrogen and oxygen atoms in total. The van der Waals surface area contributed by atoms with E-state index in [9.17, 15) is 0 Å². The van der Waals surface area contributed by atoms with Crippen LogP contribution in [0, 0.1) is 0 Å². The van der Waals surface area contributed by atoms with Crippen molar-refractivity contribution >= 4 is 7.85 Å². The quantitative estimate of drug-likeness (QED) is 0.463. The fourth-order valence-electron chi connectivity index (χ4n) is 0.680. The highest BCUT2D eigenvalue weighted by atomic mass is 14.5. The lowest BCUT2D eigenvalue weighted by Crippen LogP contribution is -2.00. The summed E-state index contributed by atoms with van der Waals surface area (Å²) in [7, 11) is 5.33. The van der Waals surface area contributed by atoms with Gasteiger partial charge in [0, 0.05) is 6.54 Å². The number of hydrogen-bond donors (Lipinski definition) is 1. The van der Waals surface area contributed by atoms with E-state index in [1.165, 1.54) is 0 Å². The minimum atomic E-state index is 0.560. The first kappa shape index (κ1) is 10.2. The van der Waals surface area contributed by atoms with Gasteiger partial charge >= 0.3 is 0 Å². The average molecular weight is 147 g/mol. The Bertz CT molecular complexity index is 159. The van der Waals surface area contributed by atoms with Crippen LogP contribution in [0.1, 0.15) is 6.42 Å². The van der Waals surface area contributed by atoms with E-state index in [2.05, 4.69) is 6.58 Å². The molecule has 0 atom stereocenters. The zero-order valence-corrected chi connectivity index (χ0v) is 6.79. The van der Waals surface area contributed by atoms with Gasteiger partial charge in [-0.2, -0.15) is 0 Å². The second-order valence-electron chi connectivity index (χ2n) is 2.16. The summed E-state index contributed by atoms with van der Waals surface area (Å²) in [5.74, 6) is 0. The molecule has 0 aromatic rings. The molecule has 0 aliphatic carbocycles. The minimum Gasteiger partial charge on any atom is -0.327 e. The van der Waals surface area contributed by atoms with Crippen LogP contribution in [0.2, 0.25) is 6.32 Å². The van der Waals surface area contributed by atoms with Crippen molar-refractivity contribution in [3.63, 3.8) is 0 Å². The number of allylic oxidation sites excluding steroid dienone is 3. The Morgan fingerprint density at radius 1 is 1.55 bits per heavy atom. The zero-order chi connectivity index (χ0) is 8.53. The van der Waals surface area contributed by atoms with Crippen LogP contribution in [0.4, 0.5) is 0 Å². The summed E-state index contributed by atoms with van der Waals surface area (Å²) in [6, 6.07) is 0. The summed E-state index contributed by atoms with van der Waals surface area (Å²) in [5.41, 5.74) is 6.57. The van der Waals surface area contributed by atoms with Crippen molar-refractivity contribution in [3.8, 4) is 0 Å². The Labute approximate surface area is 70.1 Å². The van der Waals surface area contributed by atoms with Gasteiger partial charge in [-0.05, 0) is 12.0 Å². The van der Waals surface area contributed by atoms with Crippen LogP contribution in [-0.2, 0) is 0 Å². The van der Waals surface area contributed by atoms with Crippen LogP contribution in [0.3, 0.4) is 0 Å². The van der Waals surface area contributed by atoms with Gasteiger partial charge in [0.2, 0.25) is 0 Å². The molecule has 0 unspecified atom stereocenters. The molecule has 0 saturated heterocycles. The highest BCUT2D eigenvalue weighted by molar-refractivity contribution is 6.08. The molecule has 0 rings (SSSR count). The van der Waals surface area contributed by atoms with Crippen molar-refractivity contribution in [2.24, 2.45) is 5.73 Å². The van der Waals surface area contributed by atoms with Gasteiger partial charge in [0.05, 0.1) is 7.85 Å². The van der Waals surface area contributed by atoms with E-state index >= 15 is 0 Å². The van der Waals surface area contributed by atoms with Gasteiger partial charge in [0.1, 0.15) is 0 Å². The molecule has 11 heavy (non-hydrogen) atoms. The maximum Gasteiger partial charge on any atom is 0.0657 e. The van der Waals surface area contributed by atoms with E-state index < -0.39 is 0 Å². The molecule has 0 bridgehead atoms. The summed E-state index contributed by atoms with van der Waals surface area (Å²) in [5, 5.41) is 0. The molecule has 0 aromatic carbocycles. The smallest absolute Gasteiger partial charge is 0.0657 e. The van der Waals surface area contributed by atoms with E-state index in [1.54, 1.807) is 6.08 Å². The highest BCUT2D eigenvalue weighted by Crippen LogP contribution is 1.98. The van der Waals surface area contributed by atoms with Crippen molar-refractivity contribution in [1.82, 2.24) is 0 Å². The van der Waals surface area contributed by atoms with Gasteiger partial charge in [-0.25, -0.2) is 0 Å². The van der Waals surface area contributed by atoms with Crippen LogP contribution in [-0.4, -0.2) is 14.4 Å². The van der Waals surface area contributed by atoms with Gasteiger partial charge < -0.3 is 5.73 Å². The third-order valence-electron chi connectivity index (χ3n) is 1.26. The van der Waals surface area contributed by atoms with Crippen molar-refractivity contribution in [1.29, 1.82) is 0 Å². The van der Waals surface area contributed by atoms with Gasteiger partial charge in [0.25, 0.3) is 0 Å². The second kappa shape index (κ2) is 7.35. The molecule has 2 N–H and O–H groups in total. The Hall–Kier alpha value is -0.755. The fourth-order valence-corrected chi connectivity index (χ4v) is 0.680. The average Bonchev–Trinajstić information content (AvgIpc) is 2.05. The molecule has 0 fully saturated rings. The Kier molecular flexibility index (Phi) is 6.85. The van der Waals surface area contributed by atoms with E-state index in [-0.39, 0.29) is 0 Å². The van der Waals surface area contributed by atoms with Gasteiger partial charge in [-0.3, -0.25) is 0 Å². The zero-order valence-electron chi connectivity index (χ0n) is 6.79. The highest BCUT2D eigenvalue weighted by Gasteiger charge is 1.84. The van der Waals surface area contributed by atoms with Crippen molar-refractivity contribution in [3.05, 3.63) is 36.5 Å². The summed E-state index contributed by atoms with van der Waals surface area (Å²) < 4.78 is 0. The lowest BCUT2D eigenvalue weighted by molar-refractivity contribution is 1.12. The number of rotatable bonds is 5. The molecule has 2 heteroatoms. The van der Waals surface area contributed by atoms with Crippen LogP contribution in [0.5, 0.6) is 0 Å². The molecule has 0 amide bonds. The molecule has 0 spiro atoms. The monoisotopic (exact) mass is 147 g/mol. The maximum atomic E-state index is 5.46. The summed E-state index contributed by atoms with van der Waals surface area (Å²) in [4.78, 5) is 0. The number of hydrogen-bond acceptors (Lipinski definition) is 1. The van der Waals surface area contributed by atoms with Crippen LogP contribution in [0.25, 0.3) is 0 Å². The van der Waals surface area contributed by atoms with Gasteiger partial charge in [-0.1, -0.05) is 37.2 Å². The lowest BCUT2D eigenvalue weighted by atomic mass is 10.0. The Morgan fingerprint density at radius 2 is 2.27 bits per heavy atom. The summed E-state index contributed by atoms with van der Waals surface area (Å²) in [6.07, 6.45) is 9.14. The van der Waals surface area contributed by atoms with Gasteiger partial charge in [-0.15, -0.1) is 0 Å². The van der Waals surface area contributed by atoms with Crippen LogP contribution < -0.4 is 5.73 Å². The minimum absolute atomic E-state index is 0.560. The van der Waals surface area contributed by atoms with Crippen LogP contribution >= 0.6 is 0 Å². The van der Waals surface area contributed by atoms with E-state index in [0.717, 1.165) is 12.0 Å². The summed E-state index contributed by atoms with van der Waals surface area (Å²) >= 11 is 0. The van der Waals surface area contributed by atoms with E-state index in [0.29, 0.717) is 12.9 Å². The molecule has 0 aliphatic heterocycles. The van der Waals surface area contributed by atoms with E-state index in [4.69, 9.17) is 13.6 Å². The molecule has 0 heterocycles. The second-order valence-corrected chi connectivity index (χ2v) is 2.16. The lowest BCUT2D eigenvalue weighted by Gasteiger charge is -1.95. The van der Waals surface area contributed by atoms with Crippen LogP contribution in [0.15, 0.2) is 36.5 Å². The molecular formula is C9H14BN. The first-order chi connectivity index (χ1) is 5.35. The molecule has 0 aliphatic rings.